The first-order valence-corrected chi connectivity index (χ1v) is 10.4. The normalized spacial score (nSPS) is 16.3. The van der Waals surface area contributed by atoms with Crippen molar-refractivity contribution in [3.05, 3.63) is 82.2 Å². The second kappa shape index (κ2) is 11.1. The summed E-state index contributed by atoms with van der Waals surface area (Å²) in [6.07, 6.45) is 6.80. The van der Waals surface area contributed by atoms with Crippen LogP contribution >= 0.6 is 0 Å². The fraction of sp³-hybridized carbons (Fsp3) is 0.435. The van der Waals surface area contributed by atoms with E-state index in [9.17, 15) is 4.79 Å². The number of azide groups is 1. The zero-order valence-electron chi connectivity index (χ0n) is 16.7. The van der Waals surface area contributed by atoms with Crippen molar-refractivity contribution >= 4 is 6.03 Å². The molecule has 0 radical (unpaired) electrons. The van der Waals surface area contributed by atoms with E-state index in [0.717, 1.165) is 36.8 Å². The molecule has 0 heterocycles. The van der Waals surface area contributed by atoms with Crippen molar-refractivity contribution in [2.45, 2.75) is 63.1 Å². The van der Waals surface area contributed by atoms with Gasteiger partial charge in [-0.15, -0.1) is 0 Å². The number of carbonyl (C=O) groups excluding carboxylic acids is 1. The van der Waals surface area contributed by atoms with Gasteiger partial charge in [0.05, 0.1) is 6.04 Å². The van der Waals surface area contributed by atoms with Gasteiger partial charge in [-0.2, -0.15) is 0 Å². The molecule has 3 rings (SSSR count). The monoisotopic (exact) mass is 391 g/mol. The quantitative estimate of drug-likeness (QED) is 0.364. The van der Waals surface area contributed by atoms with E-state index in [2.05, 4.69) is 20.7 Å². The molecule has 2 amide bonds. The molecule has 29 heavy (non-hydrogen) atoms. The molecule has 1 aliphatic rings. The molecule has 1 aliphatic carbocycles. The van der Waals surface area contributed by atoms with E-state index in [4.69, 9.17) is 5.53 Å². The maximum Gasteiger partial charge on any atom is 0.315 e. The summed E-state index contributed by atoms with van der Waals surface area (Å²) in [6.45, 7) is 0. The van der Waals surface area contributed by atoms with Crippen molar-refractivity contribution in [2.24, 2.45) is 5.11 Å². The Bertz CT molecular complexity index is 799. The second-order valence-electron chi connectivity index (χ2n) is 7.71. The molecule has 6 nitrogen and oxygen atoms in total. The standard InChI is InChI=1S/C23H29N5O/c24-28-27-22(17-19-12-6-2-7-13-19)21(16-18-10-4-1-5-11-18)26-23(29)25-20-14-8-3-9-15-20/h1-2,4-7,10-13,20-22H,3,8-9,14-17H2,(H2,25,26,29)/t21-,22-/m0/s1. The zero-order chi connectivity index (χ0) is 20.3. The van der Waals surface area contributed by atoms with Gasteiger partial charge in [0.25, 0.3) is 0 Å². The van der Waals surface area contributed by atoms with E-state index in [0.29, 0.717) is 12.8 Å². The molecular formula is C23H29N5O. The molecule has 0 aromatic heterocycles. The predicted molar refractivity (Wildman–Crippen MR) is 116 cm³/mol. The fourth-order valence-electron chi connectivity index (χ4n) is 3.98. The molecule has 6 heteroatoms. The maximum atomic E-state index is 12.7. The SMILES string of the molecule is [N-]=[N+]=N[C@@H](Cc1ccccc1)[C@H](Cc1ccccc1)NC(=O)NC1CCCCC1. The summed E-state index contributed by atoms with van der Waals surface area (Å²) in [6, 6.07) is 19.3. The molecule has 0 unspecified atom stereocenters. The Balaban J connectivity index is 1.74. The predicted octanol–water partition coefficient (Wildman–Crippen LogP) is 5.15. The van der Waals surface area contributed by atoms with Crippen LogP contribution < -0.4 is 10.6 Å². The Kier molecular flexibility index (Phi) is 7.96. The van der Waals surface area contributed by atoms with Crippen LogP contribution in [0, 0.1) is 0 Å². The van der Waals surface area contributed by atoms with Crippen LogP contribution in [0.1, 0.15) is 43.2 Å². The molecule has 2 aromatic carbocycles. The summed E-state index contributed by atoms with van der Waals surface area (Å²) < 4.78 is 0. The molecule has 1 fully saturated rings. The summed E-state index contributed by atoms with van der Waals surface area (Å²) in [5.74, 6) is 0. The van der Waals surface area contributed by atoms with E-state index < -0.39 is 0 Å². The van der Waals surface area contributed by atoms with Gasteiger partial charge in [-0.05, 0) is 42.3 Å². The molecule has 2 atom stereocenters. The van der Waals surface area contributed by atoms with Crippen LogP contribution in [0.5, 0.6) is 0 Å². The van der Waals surface area contributed by atoms with Crippen molar-refractivity contribution in [2.75, 3.05) is 0 Å². The Hall–Kier alpha value is -2.98. The van der Waals surface area contributed by atoms with Crippen molar-refractivity contribution in [3.63, 3.8) is 0 Å². The summed E-state index contributed by atoms with van der Waals surface area (Å²) in [7, 11) is 0. The minimum absolute atomic E-state index is 0.177. The number of urea groups is 1. The van der Waals surface area contributed by atoms with Gasteiger partial charge < -0.3 is 10.6 Å². The molecule has 0 spiro atoms. The van der Waals surface area contributed by atoms with Gasteiger partial charge in [0.1, 0.15) is 0 Å². The van der Waals surface area contributed by atoms with Crippen LogP contribution in [-0.2, 0) is 12.8 Å². The minimum Gasteiger partial charge on any atom is -0.335 e. The first kappa shape index (κ1) is 20.7. The number of rotatable bonds is 8. The number of nitrogens with one attached hydrogen (secondary N) is 2. The van der Waals surface area contributed by atoms with Crippen LogP contribution in [0.15, 0.2) is 65.8 Å². The topological polar surface area (TPSA) is 89.9 Å². The van der Waals surface area contributed by atoms with Crippen molar-refractivity contribution in [1.29, 1.82) is 0 Å². The average molecular weight is 392 g/mol. The highest BCUT2D eigenvalue weighted by Crippen LogP contribution is 2.18. The van der Waals surface area contributed by atoms with Gasteiger partial charge in [0, 0.05) is 17.0 Å². The van der Waals surface area contributed by atoms with E-state index in [1.54, 1.807) is 0 Å². The van der Waals surface area contributed by atoms with Gasteiger partial charge in [-0.3, -0.25) is 0 Å². The average Bonchev–Trinajstić information content (AvgIpc) is 2.75. The number of hydrogen-bond acceptors (Lipinski definition) is 2. The van der Waals surface area contributed by atoms with Crippen LogP contribution in [0.3, 0.4) is 0 Å². The molecule has 0 bridgehead atoms. The van der Waals surface area contributed by atoms with Crippen LogP contribution in [0.25, 0.3) is 10.4 Å². The van der Waals surface area contributed by atoms with Crippen molar-refractivity contribution in [1.82, 2.24) is 10.6 Å². The lowest BCUT2D eigenvalue weighted by molar-refractivity contribution is 0.226. The summed E-state index contributed by atoms with van der Waals surface area (Å²) >= 11 is 0. The number of carbonyl (C=O) groups is 1. The Morgan fingerprint density at radius 2 is 1.55 bits per heavy atom. The van der Waals surface area contributed by atoms with Crippen LogP contribution in [0.4, 0.5) is 4.79 Å². The third kappa shape index (κ3) is 6.84. The fourth-order valence-corrected chi connectivity index (χ4v) is 3.98. The maximum absolute atomic E-state index is 12.7. The summed E-state index contributed by atoms with van der Waals surface area (Å²) in [4.78, 5) is 15.8. The Labute approximate surface area is 172 Å². The summed E-state index contributed by atoms with van der Waals surface area (Å²) in [5, 5.41) is 10.3. The highest BCUT2D eigenvalue weighted by atomic mass is 16.2. The molecule has 0 aliphatic heterocycles. The number of nitrogens with zero attached hydrogens (tertiary/aromatic N) is 3. The molecular weight excluding hydrogens is 362 g/mol. The molecule has 2 N–H and O–H groups in total. The first-order chi connectivity index (χ1) is 14.2. The van der Waals surface area contributed by atoms with Crippen LogP contribution in [-0.4, -0.2) is 24.2 Å². The highest BCUT2D eigenvalue weighted by Gasteiger charge is 2.25. The lowest BCUT2D eigenvalue weighted by atomic mass is 9.94. The van der Waals surface area contributed by atoms with E-state index in [-0.39, 0.29) is 24.2 Å². The van der Waals surface area contributed by atoms with E-state index in [1.165, 1.54) is 6.42 Å². The van der Waals surface area contributed by atoms with Crippen molar-refractivity contribution < 1.29 is 4.79 Å². The highest BCUT2D eigenvalue weighted by molar-refractivity contribution is 5.74. The molecule has 2 aromatic rings. The molecule has 1 saturated carbocycles. The number of hydrogen-bond donors (Lipinski definition) is 2. The zero-order valence-corrected chi connectivity index (χ0v) is 16.7. The van der Waals surface area contributed by atoms with Gasteiger partial charge in [0.15, 0.2) is 0 Å². The second-order valence-corrected chi connectivity index (χ2v) is 7.71. The van der Waals surface area contributed by atoms with Crippen molar-refractivity contribution in [3.8, 4) is 0 Å². The lowest BCUT2D eigenvalue weighted by Crippen LogP contribution is -2.51. The number of amides is 2. The largest absolute Gasteiger partial charge is 0.335 e. The van der Waals surface area contributed by atoms with Gasteiger partial charge in [-0.25, -0.2) is 4.79 Å². The minimum atomic E-state index is -0.375. The first-order valence-electron chi connectivity index (χ1n) is 10.4. The smallest absolute Gasteiger partial charge is 0.315 e. The number of benzene rings is 2. The third-order valence-electron chi connectivity index (χ3n) is 5.51. The summed E-state index contributed by atoms with van der Waals surface area (Å²) in [5.41, 5.74) is 11.3. The van der Waals surface area contributed by atoms with E-state index in [1.807, 2.05) is 60.7 Å². The van der Waals surface area contributed by atoms with Gasteiger partial charge in [-0.1, -0.05) is 85.0 Å². The van der Waals surface area contributed by atoms with Gasteiger partial charge in [0.2, 0.25) is 0 Å². The Morgan fingerprint density at radius 1 is 0.966 bits per heavy atom. The van der Waals surface area contributed by atoms with Gasteiger partial charge >= 0.3 is 6.03 Å². The lowest BCUT2D eigenvalue weighted by Gasteiger charge is -2.28. The Morgan fingerprint density at radius 3 is 2.14 bits per heavy atom. The van der Waals surface area contributed by atoms with Crippen LogP contribution in [0.2, 0.25) is 0 Å². The molecule has 152 valence electrons. The third-order valence-corrected chi connectivity index (χ3v) is 5.51. The molecule has 0 saturated heterocycles. The van der Waals surface area contributed by atoms with E-state index >= 15 is 0 Å².